The van der Waals surface area contributed by atoms with Crippen molar-refractivity contribution in [1.82, 2.24) is 4.31 Å². The summed E-state index contributed by atoms with van der Waals surface area (Å²) in [5.74, 6) is -1.33. The van der Waals surface area contributed by atoms with Crippen molar-refractivity contribution < 1.29 is 31.8 Å². The molecule has 1 aliphatic rings. The molecule has 1 saturated heterocycles. The SMILES string of the molecule is O=C(Nc1ccc(F)c(Cl)c1)c1ccc(CF)c(S(=O)(=O)N2CCOCCC(O)C2)c1. The molecule has 1 amide bonds. The van der Waals surface area contributed by atoms with Gasteiger partial charge >= 0.3 is 0 Å². The first-order chi connectivity index (χ1) is 14.7. The van der Waals surface area contributed by atoms with E-state index in [1.165, 1.54) is 24.3 Å². The fourth-order valence-corrected chi connectivity index (χ4v) is 4.96. The molecular formula is C20H21ClF2N2O5S. The van der Waals surface area contributed by atoms with Crippen LogP contribution in [-0.2, 0) is 21.4 Å². The van der Waals surface area contributed by atoms with Gasteiger partial charge in [0.05, 0.1) is 22.6 Å². The van der Waals surface area contributed by atoms with Crippen LogP contribution in [0.25, 0.3) is 0 Å². The maximum absolute atomic E-state index is 13.6. The van der Waals surface area contributed by atoms with Crippen LogP contribution >= 0.6 is 11.6 Å². The van der Waals surface area contributed by atoms with Gasteiger partial charge in [0.15, 0.2) is 0 Å². The number of nitrogens with zero attached hydrogens (tertiary/aromatic N) is 1. The highest BCUT2D eigenvalue weighted by molar-refractivity contribution is 7.89. The molecule has 1 unspecified atom stereocenters. The summed E-state index contributed by atoms with van der Waals surface area (Å²) in [4.78, 5) is 12.2. The van der Waals surface area contributed by atoms with E-state index in [-0.39, 0.29) is 52.8 Å². The standard InChI is InChI=1S/C20H21ClF2N2O5S/c21-17-10-15(3-4-18(17)23)24-20(27)13-1-2-14(11-22)19(9-13)31(28,29)25-6-8-30-7-5-16(26)12-25/h1-4,9-10,16,26H,5-8,11-12H2,(H,24,27). The van der Waals surface area contributed by atoms with Crippen molar-refractivity contribution in [2.24, 2.45) is 0 Å². The van der Waals surface area contributed by atoms with E-state index in [9.17, 15) is 27.1 Å². The molecule has 0 bridgehead atoms. The van der Waals surface area contributed by atoms with Crippen molar-refractivity contribution in [3.05, 3.63) is 58.4 Å². The van der Waals surface area contributed by atoms with Crippen molar-refractivity contribution in [3.8, 4) is 0 Å². The largest absolute Gasteiger partial charge is 0.392 e. The lowest BCUT2D eigenvalue weighted by Gasteiger charge is -2.27. The fourth-order valence-electron chi connectivity index (χ4n) is 3.09. The molecule has 1 aliphatic heterocycles. The number of ether oxygens (including phenoxy) is 1. The first kappa shape index (κ1) is 23.6. The number of nitrogens with one attached hydrogen (secondary N) is 1. The summed E-state index contributed by atoms with van der Waals surface area (Å²) in [6.45, 7) is -0.801. The second kappa shape index (κ2) is 10.0. The fraction of sp³-hybridized carbons (Fsp3) is 0.350. The Balaban J connectivity index is 1.91. The van der Waals surface area contributed by atoms with E-state index in [2.05, 4.69) is 5.32 Å². The zero-order chi connectivity index (χ0) is 22.6. The van der Waals surface area contributed by atoms with Crippen LogP contribution in [0.2, 0.25) is 5.02 Å². The van der Waals surface area contributed by atoms with Crippen molar-refractivity contribution in [3.63, 3.8) is 0 Å². The lowest BCUT2D eigenvalue weighted by molar-refractivity contribution is 0.0423. The number of aliphatic hydroxyl groups is 1. The summed E-state index contributed by atoms with van der Waals surface area (Å²) in [5.41, 5.74) is 0.0540. The van der Waals surface area contributed by atoms with Crippen molar-refractivity contribution >= 4 is 33.2 Å². The molecule has 0 spiro atoms. The first-order valence-electron chi connectivity index (χ1n) is 9.43. The predicted octanol–water partition coefficient (Wildman–Crippen LogP) is 2.97. The average molecular weight is 475 g/mol. The molecule has 0 saturated carbocycles. The zero-order valence-corrected chi connectivity index (χ0v) is 17.9. The Morgan fingerprint density at radius 3 is 2.74 bits per heavy atom. The number of hydrogen-bond acceptors (Lipinski definition) is 5. The van der Waals surface area contributed by atoms with E-state index in [1.54, 1.807) is 0 Å². The van der Waals surface area contributed by atoms with E-state index < -0.39 is 34.5 Å². The van der Waals surface area contributed by atoms with Crippen molar-refractivity contribution in [2.75, 3.05) is 31.6 Å². The number of halogens is 3. The van der Waals surface area contributed by atoms with Gasteiger partial charge in [0, 0.05) is 36.5 Å². The molecule has 11 heteroatoms. The summed E-state index contributed by atoms with van der Waals surface area (Å²) in [7, 11) is -4.22. The molecule has 3 rings (SSSR count). The monoisotopic (exact) mass is 474 g/mol. The summed E-state index contributed by atoms with van der Waals surface area (Å²) < 4.78 is 59.5. The number of β-amino-alcohol motifs (C(OH)–C–C–N with tert-alkyl or cyclic N) is 1. The molecule has 0 aromatic heterocycles. The number of alkyl halides is 1. The normalized spacial score (nSPS) is 18.3. The van der Waals surface area contributed by atoms with Gasteiger partial charge in [0.25, 0.3) is 5.91 Å². The number of carbonyl (C=O) groups is 1. The number of aliphatic hydroxyl groups excluding tert-OH is 1. The van der Waals surface area contributed by atoms with E-state index in [0.29, 0.717) is 6.61 Å². The summed E-state index contributed by atoms with van der Waals surface area (Å²) in [6, 6.07) is 7.18. The molecule has 7 nitrogen and oxygen atoms in total. The summed E-state index contributed by atoms with van der Waals surface area (Å²) >= 11 is 5.71. The Morgan fingerprint density at radius 2 is 2.03 bits per heavy atom. The molecule has 31 heavy (non-hydrogen) atoms. The van der Waals surface area contributed by atoms with Crippen LogP contribution in [0.15, 0.2) is 41.3 Å². The quantitative estimate of drug-likeness (QED) is 0.694. The number of rotatable bonds is 5. The lowest BCUT2D eigenvalue weighted by Crippen LogP contribution is -2.42. The number of carbonyl (C=O) groups excluding carboxylic acids is 1. The Kier molecular flexibility index (Phi) is 7.60. The minimum absolute atomic E-state index is 0.0182. The van der Waals surface area contributed by atoms with Gasteiger partial charge in [-0.1, -0.05) is 17.7 Å². The highest BCUT2D eigenvalue weighted by atomic mass is 35.5. The second-order valence-electron chi connectivity index (χ2n) is 6.96. The molecule has 1 fully saturated rings. The molecule has 168 valence electrons. The van der Waals surface area contributed by atoms with E-state index >= 15 is 0 Å². The highest BCUT2D eigenvalue weighted by Crippen LogP contribution is 2.25. The zero-order valence-electron chi connectivity index (χ0n) is 16.4. The van der Waals surface area contributed by atoms with Gasteiger partial charge in [-0.15, -0.1) is 0 Å². The summed E-state index contributed by atoms with van der Waals surface area (Å²) in [5, 5.41) is 12.3. The summed E-state index contributed by atoms with van der Waals surface area (Å²) in [6.07, 6.45) is -0.663. The topological polar surface area (TPSA) is 95.9 Å². The maximum Gasteiger partial charge on any atom is 0.255 e. The minimum atomic E-state index is -4.22. The maximum atomic E-state index is 13.6. The average Bonchev–Trinajstić information content (AvgIpc) is 2.72. The number of anilines is 1. The van der Waals surface area contributed by atoms with Crippen molar-refractivity contribution in [1.29, 1.82) is 0 Å². The van der Waals surface area contributed by atoms with Crippen LogP contribution in [-0.4, -0.2) is 56.1 Å². The number of sulfonamides is 1. The Labute approximate surface area is 183 Å². The molecule has 2 aromatic rings. The molecular weight excluding hydrogens is 454 g/mol. The second-order valence-corrected chi connectivity index (χ2v) is 9.27. The van der Waals surface area contributed by atoms with Crippen LogP contribution < -0.4 is 5.32 Å². The smallest absolute Gasteiger partial charge is 0.255 e. The van der Waals surface area contributed by atoms with E-state index in [1.807, 2.05) is 0 Å². The molecule has 2 N–H and O–H groups in total. The molecule has 0 aliphatic carbocycles. The van der Waals surface area contributed by atoms with Gasteiger partial charge < -0.3 is 15.2 Å². The minimum Gasteiger partial charge on any atom is -0.392 e. The number of hydrogen-bond donors (Lipinski definition) is 2. The van der Waals surface area contributed by atoms with Gasteiger partial charge in [-0.25, -0.2) is 17.2 Å². The molecule has 1 heterocycles. The van der Waals surface area contributed by atoms with Crippen LogP contribution in [0, 0.1) is 5.82 Å². The Hall–Kier alpha value is -2.11. The van der Waals surface area contributed by atoms with Crippen molar-refractivity contribution in [2.45, 2.75) is 24.1 Å². The van der Waals surface area contributed by atoms with Crippen LogP contribution in [0.5, 0.6) is 0 Å². The number of benzene rings is 2. The molecule has 2 aromatic carbocycles. The van der Waals surface area contributed by atoms with Crippen LogP contribution in [0.4, 0.5) is 14.5 Å². The van der Waals surface area contributed by atoms with Gasteiger partial charge in [-0.3, -0.25) is 4.79 Å². The van der Waals surface area contributed by atoms with E-state index in [0.717, 1.165) is 16.4 Å². The molecule has 1 atom stereocenters. The lowest BCUT2D eigenvalue weighted by atomic mass is 10.1. The van der Waals surface area contributed by atoms with Gasteiger partial charge in [0.1, 0.15) is 12.5 Å². The van der Waals surface area contributed by atoms with Gasteiger partial charge in [-0.05, 0) is 36.8 Å². The predicted molar refractivity (Wildman–Crippen MR) is 111 cm³/mol. The van der Waals surface area contributed by atoms with Crippen LogP contribution in [0.1, 0.15) is 22.3 Å². The Morgan fingerprint density at radius 1 is 1.26 bits per heavy atom. The number of amides is 1. The third-order valence-corrected chi connectivity index (χ3v) is 7.00. The molecule has 0 radical (unpaired) electrons. The Bertz CT molecular complexity index is 1070. The van der Waals surface area contributed by atoms with Gasteiger partial charge in [0.2, 0.25) is 10.0 Å². The first-order valence-corrected chi connectivity index (χ1v) is 11.3. The van der Waals surface area contributed by atoms with Gasteiger partial charge in [-0.2, -0.15) is 4.31 Å². The highest BCUT2D eigenvalue weighted by Gasteiger charge is 2.30. The van der Waals surface area contributed by atoms with E-state index in [4.69, 9.17) is 16.3 Å². The van der Waals surface area contributed by atoms with Crippen LogP contribution in [0.3, 0.4) is 0 Å². The third kappa shape index (κ3) is 5.58. The third-order valence-electron chi connectivity index (χ3n) is 4.76.